The van der Waals surface area contributed by atoms with Gasteiger partial charge in [-0.15, -0.1) is 0 Å². The summed E-state index contributed by atoms with van der Waals surface area (Å²) in [5, 5.41) is 6.40. The minimum Gasteiger partial charge on any atom is -0.352 e. The zero-order valence-corrected chi connectivity index (χ0v) is 12.6. The first-order chi connectivity index (χ1) is 8.80. The lowest BCUT2D eigenvalue weighted by atomic mass is 9.98. The van der Waals surface area contributed by atoms with Gasteiger partial charge in [0, 0.05) is 24.8 Å². The molecule has 0 spiro atoms. The van der Waals surface area contributed by atoms with Gasteiger partial charge in [-0.3, -0.25) is 4.79 Å². The van der Waals surface area contributed by atoms with Crippen LogP contribution in [0.3, 0.4) is 0 Å². The third-order valence-corrected chi connectivity index (χ3v) is 5.31. The van der Waals surface area contributed by atoms with Crippen LogP contribution in [0.5, 0.6) is 0 Å². The summed E-state index contributed by atoms with van der Waals surface area (Å²) in [4.78, 5) is 12.1. The quantitative estimate of drug-likeness (QED) is 0.770. The Bertz CT molecular complexity index is 443. The number of amides is 1. The van der Waals surface area contributed by atoms with E-state index in [2.05, 4.69) is 17.6 Å². The second kappa shape index (κ2) is 5.40. The van der Waals surface area contributed by atoms with Crippen LogP contribution in [0.15, 0.2) is 0 Å². The molecular weight excluding hydrogens is 264 g/mol. The number of piperidine rings is 1. The topological polar surface area (TPSA) is 75.3 Å². The van der Waals surface area contributed by atoms with E-state index in [9.17, 15) is 13.2 Å². The summed E-state index contributed by atoms with van der Waals surface area (Å²) >= 11 is 0. The van der Waals surface area contributed by atoms with Crippen LogP contribution >= 0.6 is 0 Å². The number of rotatable bonds is 5. The van der Waals surface area contributed by atoms with Crippen molar-refractivity contribution in [2.45, 2.75) is 51.1 Å². The maximum Gasteiger partial charge on any atom is 0.220 e. The largest absolute Gasteiger partial charge is 0.352 e. The van der Waals surface area contributed by atoms with Crippen molar-refractivity contribution in [3.8, 4) is 0 Å². The molecular formula is C13H24N2O3S. The van der Waals surface area contributed by atoms with E-state index in [0.717, 1.165) is 32.2 Å². The van der Waals surface area contributed by atoms with E-state index in [1.165, 1.54) is 6.26 Å². The van der Waals surface area contributed by atoms with Crippen molar-refractivity contribution < 1.29 is 13.2 Å². The van der Waals surface area contributed by atoms with Gasteiger partial charge in [0.1, 0.15) is 9.84 Å². The molecule has 0 aromatic carbocycles. The van der Waals surface area contributed by atoms with E-state index < -0.39 is 9.84 Å². The molecule has 1 aliphatic heterocycles. The van der Waals surface area contributed by atoms with Crippen molar-refractivity contribution in [1.82, 2.24) is 10.6 Å². The lowest BCUT2D eigenvalue weighted by molar-refractivity contribution is -0.123. The summed E-state index contributed by atoms with van der Waals surface area (Å²) in [5.41, 5.74) is -0.275. The lowest BCUT2D eigenvalue weighted by Gasteiger charge is -2.31. The minimum absolute atomic E-state index is 0.00157. The summed E-state index contributed by atoms with van der Waals surface area (Å²) < 4.78 is 22.7. The second-order valence-corrected chi connectivity index (χ2v) is 8.45. The van der Waals surface area contributed by atoms with Crippen molar-refractivity contribution in [1.29, 1.82) is 0 Å². The fraction of sp³-hybridized carbons (Fsp3) is 0.923. The average molecular weight is 288 g/mol. The molecule has 0 bridgehead atoms. The second-order valence-electron chi connectivity index (χ2n) is 6.31. The molecule has 2 rings (SSSR count). The molecule has 5 nitrogen and oxygen atoms in total. The van der Waals surface area contributed by atoms with Gasteiger partial charge in [0.05, 0.1) is 5.75 Å². The highest BCUT2D eigenvalue weighted by Crippen LogP contribution is 2.49. The lowest BCUT2D eigenvalue weighted by Crippen LogP contribution is -2.52. The summed E-state index contributed by atoms with van der Waals surface area (Å²) in [5.74, 6) is 0.146. The highest BCUT2D eigenvalue weighted by molar-refractivity contribution is 7.90. The monoisotopic (exact) mass is 288 g/mol. The molecule has 2 atom stereocenters. The molecule has 2 fully saturated rings. The normalized spacial score (nSPS) is 29.8. The number of carbonyl (C=O) groups is 1. The predicted molar refractivity (Wildman–Crippen MR) is 74.6 cm³/mol. The molecule has 2 aliphatic rings. The van der Waals surface area contributed by atoms with Gasteiger partial charge in [-0.1, -0.05) is 0 Å². The summed E-state index contributed by atoms with van der Waals surface area (Å²) in [6.07, 6.45) is 5.38. The third-order valence-electron chi connectivity index (χ3n) is 4.17. The van der Waals surface area contributed by atoms with Gasteiger partial charge in [-0.25, -0.2) is 8.42 Å². The third kappa shape index (κ3) is 4.45. The molecule has 1 amide bonds. The van der Waals surface area contributed by atoms with Gasteiger partial charge in [-0.2, -0.15) is 0 Å². The molecule has 19 heavy (non-hydrogen) atoms. The van der Waals surface area contributed by atoms with E-state index in [1.54, 1.807) is 0 Å². The summed E-state index contributed by atoms with van der Waals surface area (Å²) in [6.45, 7) is 3.08. The van der Waals surface area contributed by atoms with Crippen molar-refractivity contribution >= 4 is 15.7 Å². The molecule has 0 aromatic rings. The number of hydrogen-bond donors (Lipinski definition) is 2. The van der Waals surface area contributed by atoms with Gasteiger partial charge < -0.3 is 10.6 Å². The van der Waals surface area contributed by atoms with Crippen molar-refractivity contribution in [2.75, 3.05) is 18.6 Å². The fourth-order valence-corrected chi connectivity index (χ4v) is 4.45. The van der Waals surface area contributed by atoms with Crippen LogP contribution in [0.25, 0.3) is 0 Å². The maximum absolute atomic E-state index is 12.1. The van der Waals surface area contributed by atoms with E-state index in [-0.39, 0.29) is 23.1 Å². The molecule has 0 aromatic heterocycles. The number of sulfone groups is 1. The average Bonchev–Trinajstić information content (AvgIpc) is 2.98. The SMILES string of the molecule is CC1NCCCC1NC(=O)CC1(CS(C)(=O)=O)CC1. The van der Waals surface area contributed by atoms with Gasteiger partial charge in [0.25, 0.3) is 0 Å². The first-order valence-corrected chi connectivity index (χ1v) is 9.06. The Morgan fingerprint density at radius 2 is 2.11 bits per heavy atom. The van der Waals surface area contributed by atoms with Crippen molar-refractivity contribution in [3.63, 3.8) is 0 Å². The van der Waals surface area contributed by atoms with E-state index >= 15 is 0 Å². The molecule has 1 aliphatic carbocycles. The molecule has 6 heteroatoms. The molecule has 0 radical (unpaired) electrons. The Kier molecular flexibility index (Phi) is 4.20. The van der Waals surface area contributed by atoms with Crippen molar-refractivity contribution in [3.05, 3.63) is 0 Å². The van der Waals surface area contributed by atoms with E-state index in [0.29, 0.717) is 12.5 Å². The van der Waals surface area contributed by atoms with Gasteiger partial charge in [0.15, 0.2) is 0 Å². The first-order valence-electron chi connectivity index (χ1n) is 7.00. The standard InChI is InChI=1S/C13H24N2O3S/c1-10-11(4-3-7-14-10)15-12(16)8-13(5-6-13)9-19(2,17)18/h10-11,14H,3-9H2,1-2H3,(H,15,16). The van der Waals surface area contributed by atoms with Crippen LogP contribution in [0.2, 0.25) is 0 Å². The fourth-order valence-electron chi connectivity index (χ4n) is 2.94. The van der Waals surface area contributed by atoms with Crippen LogP contribution in [0.4, 0.5) is 0 Å². The zero-order valence-electron chi connectivity index (χ0n) is 11.7. The highest BCUT2D eigenvalue weighted by Gasteiger charge is 2.46. The van der Waals surface area contributed by atoms with Crippen LogP contribution in [0.1, 0.15) is 39.0 Å². The maximum atomic E-state index is 12.1. The van der Waals surface area contributed by atoms with Gasteiger partial charge in [0.2, 0.25) is 5.91 Å². The Morgan fingerprint density at radius 1 is 1.42 bits per heavy atom. The predicted octanol–water partition coefficient (Wildman–Crippen LogP) is 0.458. The Balaban J connectivity index is 1.84. The van der Waals surface area contributed by atoms with Crippen molar-refractivity contribution in [2.24, 2.45) is 5.41 Å². The smallest absolute Gasteiger partial charge is 0.220 e. The van der Waals surface area contributed by atoms with E-state index in [1.807, 2.05) is 0 Å². The highest BCUT2D eigenvalue weighted by atomic mass is 32.2. The zero-order chi connectivity index (χ0) is 14.1. The summed E-state index contributed by atoms with van der Waals surface area (Å²) in [7, 11) is -3.00. The summed E-state index contributed by atoms with van der Waals surface area (Å²) in [6, 6.07) is 0.470. The molecule has 2 N–H and O–H groups in total. The number of nitrogens with one attached hydrogen (secondary N) is 2. The van der Waals surface area contributed by atoms with Crippen LogP contribution < -0.4 is 10.6 Å². The van der Waals surface area contributed by atoms with Crippen LogP contribution in [-0.2, 0) is 14.6 Å². The Hall–Kier alpha value is -0.620. The van der Waals surface area contributed by atoms with Crippen LogP contribution in [-0.4, -0.2) is 45.0 Å². The first kappa shape index (κ1) is 14.8. The molecule has 1 saturated carbocycles. The number of hydrogen-bond acceptors (Lipinski definition) is 4. The molecule has 1 heterocycles. The number of carbonyl (C=O) groups excluding carboxylic acids is 1. The van der Waals surface area contributed by atoms with Gasteiger partial charge >= 0.3 is 0 Å². The van der Waals surface area contributed by atoms with E-state index in [4.69, 9.17) is 0 Å². The molecule has 1 saturated heterocycles. The van der Waals surface area contributed by atoms with Gasteiger partial charge in [-0.05, 0) is 44.6 Å². The molecule has 2 unspecified atom stereocenters. The Labute approximate surface area is 115 Å². The Morgan fingerprint density at radius 3 is 2.63 bits per heavy atom. The van der Waals surface area contributed by atoms with Crippen LogP contribution in [0, 0.1) is 5.41 Å². The minimum atomic E-state index is -3.00. The molecule has 110 valence electrons.